The van der Waals surface area contributed by atoms with Gasteiger partial charge in [-0.25, -0.2) is 0 Å². The summed E-state index contributed by atoms with van der Waals surface area (Å²) in [6, 6.07) is 0. The van der Waals surface area contributed by atoms with E-state index in [1.54, 1.807) is 0 Å². The summed E-state index contributed by atoms with van der Waals surface area (Å²) in [5.74, 6) is 0.517. The highest BCUT2D eigenvalue weighted by Crippen LogP contribution is 2.45. The van der Waals surface area contributed by atoms with Crippen molar-refractivity contribution < 1.29 is 9.53 Å². The number of thiocarbonyl (C=S) groups is 1. The second-order valence-electron chi connectivity index (χ2n) is 5.30. The molecule has 0 radical (unpaired) electrons. The van der Waals surface area contributed by atoms with Gasteiger partial charge in [-0.1, -0.05) is 19.1 Å². The summed E-state index contributed by atoms with van der Waals surface area (Å²) in [5, 5.41) is 2.94. The fourth-order valence-corrected chi connectivity index (χ4v) is 3.07. The van der Waals surface area contributed by atoms with Gasteiger partial charge in [0.25, 0.3) is 0 Å². The van der Waals surface area contributed by atoms with Crippen molar-refractivity contribution >= 4 is 23.1 Å². The van der Waals surface area contributed by atoms with Crippen LogP contribution in [0.15, 0.2) is 0 Å². The monoisotopic (exact) mass is 256 g/mol. The summed E-state index contributed by atoms with van der Waals surface area (Å²) >= 11 is 5.04. The first-order valence-electron chi connectivity index (χ1n) is 6.24. The quantitative estimate of drug-likeness (QED) is 0.736. The molecule has 1 unspecified atom stereocenters. The number of amides is 1. The van der Waals surface area contributed by atoms with Gasteiger partial charge in [-0.3, -0.25) is 4.79 Å². The molecule has 17 heavy (non-hydrogen) atoms. The van der Waals surface area contributed by atoms with Crippen LogP contribution in [0.5, 0.6) is 0 Å². The molecule has 5 heteroatoms. The second-order valence-corrected chi connectivity index (χ2v) is 5.74. The van der Waals surface area contributed by atoms with E-state index >= 15 is 0 Å². The topological polar surface area (TPSA) is 64.3 Å². The van der Waals surface area contributed by atoms with Gasteiger partial charge in [-0.15, -0.1) is 0 Å². The summed E-state index contributed by atoms with van der Waals surface area (Å²) in [6.45, 7) is 3.50. The molecule has 1 amide bonds. The van der Waals surface area contributed by atoms with Crippen LogP contribution in [0.2, 0.25) is 0 Å². The standard InChI is InChI=1S/C12H20N2O2S/c1-8-5-12(6-8,10(13)17)11(15)14-7-9-3-2-4-16-9/h8-9H,2-7H2,1H3,(H2,13,17)(H,14,15). The number of nitrogens with one attached hydrogen (secondary N) is 1. The third-order valence-corrected chi connectivity index (χ3v) is 4.21. The largest absolute Gasteiger partial charge is 0.392 e. The molecule has 1 heterocycles. The Morgan fingerprint density at radius 2 is 2.29 bits per heavy atom. The zero-order valence-corrected chi connectivity index (χ0v) is 11.0. The van der Waals surface area contributed by atoms with Gasteiger partial charge in [0.2, 0.25) is 5.91 Å². The molecule has 4 nitrogen and oxygen atoms in total. The number of hydrogen-bond acceptors (Lipinski definition) is 3. The van der Waals surface area contributed by atoms with Gasteiger partial charge in [0.15, 0.2) is 0 Å². The molecule has 2 rings (SSSR count). The van der Waals surface area contributed by atoms with Crippen LogP contribution in [0.4, 0.5) is 0 Å². The first-order chi connectivity index (χ1) is 8.04. The van der Waals surface area contributed by atoms with Crippen molar-refractivity contribution in [1.82, 2.24) is 5.32 Å². The Bertz CT molecular complexity index is 320. The summed E-state index contributed by atoms with van der Waals surface area (Å²) in [4.78, 5) is 12.5. The molecule has 0 spiro atoms. The normalized spacial score (nSPS) is 36.3. The number of ether oxygens (including phenoxy) is 1. The average molecular weight is 256 g/mol. The Morgan fingerprint density at radius 1 is 1.59 bits per heavy atom. The molecule has 1 saturated heterocycles. The van der Waals surface area contributed by atoms with Crippen LogP contribution >= 0.6 is 12.2 Å². The van der Waals surface area contributed by atoms with E-state index < -0.39 is 5.41 Å². The predicted octanol–water partition coefficient (Wildman–Crippen LogP) is 0.984. The molecule has 1 saturated carbocycles. The van der Waals surface area contributed by atoms with Crippen LogP contribution < -0.4 is 11.1 Å². The molecule has 0 aromatic carbocycles. The van der Waals surface area contributed by atoms with Crippen LogP contribution in [-0.2, 0) is 9.53 Å². The molecule has 1 aliphatic carbocycles. The first-order valence-corrected chi connectivity index (χ1v) is 6.65. The minimum Gasteiger partial charge on any atom is -0.392 e. The zero-order valence-electron chi connectivity index (χ0n) is 10.2. The highest BCUT2D eigenvalue weighted by molar-refractivity contribution is 7.80. The Balaban J connectivity index is 1.87. The van der Waals surface area contributed by atoms with E-state index in [4.69, 9.17) is 22.7 Å². The van der Waals surface area contributed by atoms with E-state index in [9.17, 15) is 4.79 Å². The fraction of sp³-hybridized carbons (Fsp3) is 0.833. The van der Waals surface area contributed by atoms with Gasteiger partial charge in [0.05, 0.1) is 16.5 Å². The van der Waals surface area contributed by atoms with Gasteiger partial charge in [-0.05, 0) is 31.6 Å². The molecular formula is C12H20N2O2S. The molecule has 2 fully saturated rings. The Kier molecular flexibility index (Phi) is 3.68. The van der Waals surface area contributed by atoms with Crippen molar-refractivity contribution in [3.63, 3.8) is 0 Å². The number of carbonyl (C=O) groups excluding carboxylic acids is 1. The second kappa shape index (κ2) is 4.90. The van der Waals surface area contributed by atoms with Gasteiger partial charge in [0.1, 0.15) is 0 Å². The summed E-state index contributed by atoms with van der Waals surface area (Å²) in [7, 11) is 0. The maximum atomic E-state index is 12.2. The minimum absolute atomic E-state index is 0.0152. The minimum atomic E-state index is -0.590. The number of hydrogen-bond donors (Lipinski definition) is 2. The summed E-state index contributed by atoms with van der Waals surface area (Å²) in [6.07, 6.45) is 3.83. The fourth-order valence-electron chi connectivity index (χ4n) is 2.81. The Labute approximate surface area is 107 Å². The van der Waals surface area contributed by atoms with E-state index in [-0.39, 0.29) is 12.0 Å². The van der Waals surface area contributed by atoms with Crippen LogP contribution in [0.25, 0.3) is 0 Å². The zero-order chi connectivity index (χ0) is 12.5. The van der Waals surface area contributed by atoms with Crippen LogP contribution in [-0.4, -0.2) is 30.2 Å². The lowest BCUT2D eigenvalue weighted by molar-refractivity contribution is -0.133. The third-order valence-electron chi connectivity index (χ3n) is 3.81. The van der Waals surface area contributed by atoms with Gasteiger partial charge in [-0.2, -0.15) is 0 Å². The molecular weight excluding hydrogens is 236 g/mol. The summed E-state index contributed by atoms with van der Waals surface area (Å²) in [5.41, 5.74) is 5.13. The van der Waals surface area contributed by atoms with Crippen LogP contribution in [0.3, 0.4) is 0 Å². The number of nitrogens with two attached hydrogens (primary N) is 1. The third kappa shape index (κ3) is 2.45. The van der Waals surface area contributed by atoms with Crippen molar-refractivity contribution in [3.8, 4) is 0 Å². The molecule has 2 aliphatic rings. The lowest BCUT2D eigenvalue weighted by Gasteiger charge is -2.44. The molecule has 96 valence electrons. The van der Waals surface area contributed by atoms with Gasteiger partial charge >= 0.3 is 0 Å². The lowest BCUT2D eigenvalue weighted by Crippen LogP contribution is -2.56. The van der Waals surface area contributed by atoms with Gasteiger partial charge in [0, 0.05) is 13.2 Å². The van der Waals surface area contributed by atoms with Crippen molar-refractivity contribution in [2.24, 2.45) is 17.1 Å². The highest BCUT2D eigenvalue weighted by atomic mass is 32.1. The van der Waals surface area contributed by atoms with Crippen molar-refractivity contribution in [3.05, 3.63) is 0 Å². The Morgan fingerprint density at radius 3 is 2.76 bits per heavy atom. The van der Waals surface area contributed by atoms with E-state index in [0.717, 1.165) is 32.3 Å². The smallest absolute Gasteiger partial charge is 0.233 e. The maximum Gasteiger partial charge on any atom is 0.233 e. The molecule has 3 N–H and O–H groups in total. The summed E-state index contributed by atoms with van der Waals surface area (Å²) < 4.78 is 5.47. The molecule has 1 atom stereocenters. The number of carbonyl (C=O) groups is 1. The van der Waals surface area contributed by atoms with E-state index in [1.807, 2.05) is 0 Å². The average Bonchev–Trinajstić information content (AvgIpc) is 2.73. The van der Waals surface area contributed by atoms with Gasteiger partial charge < -0.3 is 15.8 Å². The maximum absolute atomic E-state index is 12.2. The first kappa shape index (κ1) is 12.8. The molecule has 0 bridgehead atoms. The Hall–Kier alpha value is -0.680. The van der Waals surface area contributed by atoms with E-state index in [0.29, 0.717) is 17.5 Å². The molecule has 0 aromatic heterocycles. The predicted molar refractivity (Wildman–Crippen MR) is 69.6 cm³/mol. The van der Waals surface area contributed by atoms with Crippen molar-refractivity contribution in [1.29, 1.82) is 0 Å². The lowest BCUT2D eigenvalue weighted by atomic mass is 9.62. The van der Waals surface area contributed by atoms with Crippen LogP contribution in [0, 0.1) is 11.3 Å². The highest BCUT2D eigenvalue weighted by Gasteiger charge is 2.50. The van der Waals surface area contributed by atoms with Crippen molar-refractivity contribution in [2.45, 2.75) is 38.7 Å². The van der Waals surface area contributed by atoms with E-state index in [2.05, 4.69) is 12.2 Å². The SMILES string of the molecule is CC1CC(C(=O)NCC2CCCO2)(C(N)=S)C1. The molecule has 1 aliphatic heterocycles. The van der Waals surface area contributed by atoms with E-state index in [1.165, 1.54) is 0 Å². The van der Waals surface area contributed by atoms with Crippen molar-refractivity contribution in [2.75, 3.05) is 13.2 Å². The molecule has 0 aromatic rings. The number of rotatable bonds is 4. The van der Waals surface area contributed by atoms with Crippen LogP contribution in [0.1, 0.15) is 32.6 Å².